The minimum atomic E-state index is -0.181. The number of aliphatic imine (C=N–C) groups is 1. The number of phenols is 1. The molecular weight excluding hydrogens is 288 g/mol. The minimum Gasteiger partial charge on any atom is -0.506 e. The smallest absolute Gasteiger partial charge is 0.248 e. The maximum absolute atomic E-state index is 12.1. The topological polar surface area (TPSA) is 52.9 Å². The molecule has 1 amide bonds. The van der Waals surface area contributed by atoms with E-state index in [4.69, 9.17) is 11.6 Å². The molecule has 4 nitrogen and oxygen atoms in total. The van der Waals surface area contributed by atoms with Gasteiger partial charge in [0.2, 0.25) is 5.91 Å². The summed E-state index contributed by atoms with van der Waals surface area (Å²) in [4.78, 5) is 17.9. The zero-order chi connectivity index (χ0) is 15.0. The number of halogens is 1. The monoisotopic (exact) mass is 300 g/mol. The summed E-state index contributed by atoms with van der Waals surface area (Å²) < 4.78 is 0. The largest absolute Gasteiger partial charge is 0.506 e. The highest BCUT2D eigenvalue weighted by Crippen LogP contribution is 2.36. The van der Waals surface area contributed by atoms with Crippen molar-refractivity contribution in [1.29, 1.82) is 0 Å². The molecular formula is C16H13ClN2O2. The molecule has 0 bridgehead atoms. The van der Waals surface area contributed by atoms with Crippen molar-refractivity contribution in [1.82, 2.24) is 0 Å². The number of benzene rings is 2. The fourth-order valence-electron chi connectivity index (χ4n) is 2.42. The molecule has 0 aliphatic carbocycles. The number of carbonyl (C=O) groups is 1. The van der Waals surface area contributed by atoms with Gasteiger partial charge in [0.15, 0.2) is 0 Å². The molecule has 0 radical (unpaired) electrons. The van der Waals surface area contributed by atoms with Gasteiger partial charge in [-0.1, -0.05) is 41.9 Å². The Morgan fingerprint density at radius 2 is 1.95 bits per heavy atom. The van der Waals surface area contributed by atoms with Crippen molar-refractivity contribution in [3.05, 3.63) is 58.6 Å². The molecule has 1 aliphatic rings. The van der Waals surface area contributed by atoms with Crippen LogP contribution in [0.3, 0.4) is 0 Å². The van der Waals surface area contributed by atoms with Crippen LogP contribution in [0.15, 0.2) is 47.5 Å². The molecule has 0 spiro atoms. The van der Waals surface area contributed by atoms with Crippen molar-refractivity contribution < 1.29 is 9.90 Å². The number of hydrogen-bond donors (Lipinski definition) is 1. The van der Waals surface area contributed by atoms with Crippen LogP contribution in [-0.2, 0) is 4.79 Å². The van der Waals surface area contributed by atoms with Gasteiger partial charge in [0.1, 0.15) is 12.3 Å². The van der Waals surface area contributed by atoms with Crippen molar-refractivity contribution in [2.75, 3.05) is 18.5 Å². The number of likely N-dealkylation sites (N-methyl/N-ethyl adjacent to an activating group) is 1. The lowest BCUT2D eigenvalue weighted by Gasteiger charge is -2.19. The Bertz CT molecular complexity index is 741. The van der Waals surface area contributed by atoms with Gasteiger partial charge in [-0.3, -0.25) is 9.79 Å². The highest BCUT2D eigenvalue weighted by molar-refractivity contribution is 6.32. The molecule has 0 saturated carbocycles. The quantitative estimate of drug-likeness (QED) is 0.880. The predicted octanol–water partition coefficient (Wildman–Crippen LogP) is 2.86. The number of hydrogen-bond acceptors (Lipinski definition) is 3. The van der Waals surface area contributed by atoms with Crippen molar-refractivity contribution in [2.24, 2.45) is 4.99 Å². The summed E-state index contributed by atoms with van der Waals surface area (Å²) in [5, 5.41) is 10.6. The first-order chi connectivity index (χ1) is 10.1. The van der Waals surface area contributed by atoms with Crippen LogP contribution in [0.4, 0.5) is 5.69 Å². The number of amides is 1. The van der Waals surface area contributed by atoms with E-state index in [0.29, 0.717) is 22.0 Å². The van der Waals surface area contributed by atoms with Gasteiger partial charge in [-0.15, -0.1) is 0 Å². The van der Waals surface area contributed by atoms with Crippen LogP contribution in [0.25, 0.3) is 0 Å². The molecule has 2 aromatic rings. The number of rotatable bonds is 1. The van der Waals surface area contributed by atoms with E-state index < -0.39 is 0 Å². The van der Waals surface area contributed by atoms with Gasteiger partial charge in [0, 0.05) is 29.3 Å². The number of anilines is 1. The van der Waals surface area contributed by atoms with E-state index in [1.807, 2.05) is 30.3 Å². The van der Waals surface area contributed by atoms with Crippen LogP contribution in [0.1, 0.15) is 11.1 Å². The first kappa shape index (κ1) is 13.6. The van der Waals surface area contributed by atoms with Crippen LogP contribution in [0.5, 0.6) is 5.75 Å². The Morgan fingerprint density at radius 3 is 2.67 bits per heavy atom. The Morgan fingerprint density at radius 1 is 1.24 bits per heavy atom. The molecule has 0 saturated heterocycles. The summed E-state index contributed by atoms with van der Waals surface area (Å²) in [5.74, 6) is -0.210. The average molecular weight is 301 g/mol. The third-order valence-corrected chi connectivity index (χ3v) is 3.66. The molecule has 1 N–H and O–H groups in total. The minimum absolute atomic E-state index is 0.0288. The summed E-state index contributed by atoms with van der Waals surface area (Å²) in [6.45, 7) is 0.0342. The normalized spacial score (nSPS) is 14.5. The number of nitrogens with zero attached hydrogens (tertiary/aromatic N) is 2. The van der Waals surface area contributed by atoms with E-state index in [9.17, 15) is 9.90 Å². The number of aromatic hydroxyl groups is 1. The van der Waals surface area contributed by atoms with Gasteiger partial charge >= 0.3 is 0 Å². The van der Waals surface area contributed by atoms with Gasteiger partial charge < -0.3 is 10.0 Å². The molecule has 3 rings (SSSR count). The molecule has 106 valence electrons. The van der Waals surface area contributed by atoms with Gasteiger partial charge in [-0.05, 0) is 6.07 Å². The second kappa shape index (κ2) is 5.22. The highest BCUT2D eigenvalue weighted by atomic mass is 35.5. The van der Waals surface area contributed by atoms with Crippen LogP contribution < -0.4 is 4.90 Å². The first-order valence-electron chi connectivity index (χ1n) is 6.47. The molecule has 0 unspecified atom stereocenters. The zero-order valence-electron chi connectivity index (χ0n) is 11.4. The SMILES string of the molecule is CN1C(=O)CN=C(c2ccccc2)c2cc(Cl)cc(O)c21. The van der Waals surface area contributed by atoms with E-state index in [2.05, 4.69) is 4.99 Å². The molecule has 2 aromatic carbocycles. The first-order valence-corrected chi connectivity index (χ1v) is 6.85. The molecule has 0 fully saturated rings. The predicted molar refractivity (Wildman–Crippen MR) is 83.5 cm³/mol. The van der Waals surface area contributed by atoms with Crippen LogP contribution >= 0.6 is 11.6 Å². The number of phenolic OH excluding ortho intramolecular Hbond substituents is 1. The van der Waals surface area contributed by atoms with E-state index in [1.54, 1.807) is 13.1 Å². The third-order valence-electron chi connectivity index (χ3n) is 3.44. The van der Waals surface area contributed by atoms with Crippen molar-refractivity contribution in [3.63, 3.8) is 0 Å². The second-order valence-electron chi connectivity index (χ2n) is 4.80. The highest BCUT2D eigenvalue weighted by Gasteiger charge is 2.25. The second-order valence-corrected chi connectivity index (χ2v) is 5.24. The molecule has 0 aromatic heterocycles. The van der Waals surface area contributed by atoms with Gasteiger partial charge in [0.05, 0.1) is 11.4 Å². The fraction of sp³-hybridized carbons (Fsp3) is 0.125. The fourth-order valence-corrected chi connectivity index (χ4v) is 2.64. The summed E-state index contributed by atoms with van der Waals surface area (Å²) in [5.41, 5.74) is 2.62. The van der Waals surface area contributed by atoms with Gasteiger partial charge in [0.25, 0.3) is 0 Å². The third kappa shape index (κ3) is 2.38. The average Bonchev–Trinajstić information content (AvgIpc) is 2.58. The van der Waals surface area contributed by atoms with E-state index in [-0.39, 0.29) is 18.2 Å². The lowest BCUT2D eigenvalue weighted by atomic mass is 10.00. The zero-order valence-corrected chi connectivity index (χ0v) is 12.1. The summed E-state index contributed by atoms with van der Waals surface area (Å²) >= 11 is 6.05. The maximum atomic E-state index is 12.1. The van der Waals surface area contributed by atoms with E-state index in [1.165, 1.54) is 11.0 Å². The molecule has 21 heavy (non-hydrogen) atoms. The molecule has 1 aliphatic heterocycles. The van der Waals surface area contributed by atoms with E-state index in [0.717, 1.165) is 5.56 Å². The van der Waals surface area contributed by atoms with Crippen LogP contribution in [0.2, 0.25) is 5.02 Å². The van der Waals surface area contributed by atoms with Crippen molar-refractivity contribution in [2.45, 2.75) is 0 Å². The summed E-state index contributed by atoms with van der Waals surface area (Å²) in [7, 11) is 1.62. The van der Waals surface area contributed by atoms with Crippen LogP contribution in [-0.4, -0.2) is 30.3 Å². The maximum Gasteiger partial charge on any atom is 0.248 e. The number of benzodiazepines with no additional fused rings is 1. The molecule has 5 heteroatoms. The van der Waals surface area contributed by atoms with E-state index >= 15 is 0 Å². The van der Waals surface area contributed by atoms with Crippen LogP contribution in [0, 0.1) is 0 Å². The Balaban J connectivity index is 2.29. The summed E-state index contributed by atoms with van der Waals surface area (Å²) in [6, 6.07) is 12.7. The number of fused-ring (bicyclic) bond motifs is 1. The van der Waals surface area contributed by atoms with Gasteiger partial charge in [-0.25, -0.2) is 0 Å². The molecule has 1 heterocycles. The number of carbonyl (C=O) groups excluding carboxylic acids is 1. The van der Waals surface area contributed by atoms with Crippen molar-refractivity contribution >= 4 is 28.9 Å². The standard InChI is InChI=1S/C16H13ClN2O2/c1-19-14(21)9-18-15(10-5-3-2-4-6-10)12-7-11(17)8-13(20)16(12)19/h2-8,20H,9H2,1H3. The van der Waals surface area contributed by atoms with Crippen molar-refractivity contribution in [3.8, 4) is 5.75 Å². The lowest BCUT2D eigenvalue weighted by Crippen LogP contribution is -2.27. The Labute approximate surface area is 127 Å². The summed E-state index contributed by atoms with van der Waals surface area (Å²) in [6.07, 6.45) is 0. The van der Waals surface area contributed by atoms with Gasteiger partial charge in [-0.2, -0.15) is 0 Å². The Kier molecular flexibility index (Phi) is 3.39. The lowest BCUT2D eigenvalue weighted by molar-refractivity contribution is -0.116. The Hall–Kier alpha value is -2.33. The molecule has 0 atom stereocenters.